The molecule has 2 N–H and O–H groups in total. The Balaban J connectivity index is 1.77. The molecule has 25 heavy (non-hydrogen) atoms. The van der Waals surface area contributed by atoms with E-state index in [2.05, 4.69) is 15.5 Å². The Labute approximate surface area is 154 Å². The number of hydrogen-bond acceptors (Lipinski definition) is 5. The Morgan fingerprint density at radius 1 is 1.40 bits per heavy atom. The van der Waals surface area contributed by atoms with Gasteiger partial charge in [0.2, 0.25) is 5.91 Å². The van der Waals surface area contributed by atoms with Crippen LogP contribution in [0, 0.1) is 4.77 Å². The number of nitrogens with one attached hydrogen (secondary N) is 2. The van der Waals surface area contributed by atoms with Gasteiger partial charge < -0.3 is 10.1 Å². The Bertz CT molecular complexity index is 898. The van der Waals surface area contributed by atoms with Crippen molar-refractivity contribution in [2.75, 3.05) is 7.11 Å². The van der Waals surface area contributed by atoms with Crippen molar-refractivity contribution in [2.45, 2.75) is 19.5 Å². The molecule has 1 amide bonds. The van der Waals surface area contributed by atoms with Crippen LogP contribution < -0.4 is 10.1 Å². The summed E-state index contributed by atoms with van der Waals surface area (Å²) < 4.78 is 7.26. The third kappa shape index (κ3) is 3.97. The highest BCUT2D eigenvalue weighted by molar-refractivity contribution is 7.71. The molecule has 0 unspecified atom stereocenters. The molecule has 1 atom stereocenters. The topological polar surface area (TPSA) is 71.9 Å². The number of nitrogens with zero attached hydrogens (tertiary/aromatic N) is 2. The fraction of sp³-hybridized carbons (Fsp3) is 0.235. The predicted octanol–water partition coefficient (Wildman–Crippen LogP) is 3.56. The molecule has 0 bridgehead atoms. The Morgan fingerprint density at radius 2 is 2.16 bits per heavy atom. The van der Waals surface area contributed by atoms with Gasteiger partial charge in [0.25, 0.3) is 0 Å². The lowest BCUT2D eigenvalue weighted by molar-refractivity contribution is -0.122. The number of aromatic amines is 1. The van der Waals surface area contributed by atoms with E-state index in [1.807, 2.05) is 48.7 Å². The molecule has 1 aromatic carbocycles. The van der Waals surface area contributed by atoms with Gasteiger partial charge in [-0.25, -0.2) is 0 Å². The molecule has 2 aromatic heterocycles. The summed E-state index contributed by atoms with van der Waals surface area (Å²) in [5, 5.41) is 12.0. The van der Waals surface area contributed by atoms with Crippen molar-refractivity contribution in [1.29, 1.82) is 0 Å². The summed E-state index contributed by atoms with van der Waals surface area (Å²) in [6.45, 7) is 2.06. The van der Waals surface area contributed by atoms with Crippen LogP contribution in [0.15, 0.2) is 41.8 Å². The van der Waals surface area contributed by atoms with Crippen LogP contribution in [0.2, 0.25) is 0 Å². The summed E-state index contributed by atoms with van der Waals surface area (Å²) in [4.78, 5) is 13.5. The highest BCUT2D eigenvalue weighted by Crippen LogP contribution is 2.21. The number of H-pyrrole nitrogens is 1. The number of methoxy groups -OCH3 is 1. The van der Waals surface area contributed by atoms with Gasteiger partial charge in [-0.15, -0.1) is 11.3 Å². The van der Waals surface area contributed by atoms with Crippen molar-refractivity contribution >= 4 is 29.5 Å². The smallest absolute Gasteiger partial charge is 0.240 e. The maximum atomic E-state index is 12.4. The quantitative estimate of drug-likeness (QED) is 0.647. The van der Waals surface area contributed by atoms with Gasteiger partial charge in [-0.1, -0.05) is 6.07 Å². The van der Waals surface area contributed by atoms with Crippen molar-refractivity contribution in [1.82, 2.24) is 20.1 Å². The molecular weight excluding hydrogens is 356 g/mol. The normalized spacial score (nSPS) is 11.9. The number of amides is 1. The Morgan fingerprint density at radius 3 is 2.80 bits per heavy atom. The first-order valence-corrected chi connectivity index (χ1v) is 8.99. The second-order valence-corrected chi connectivity index (χ2v) is 6.84. The van der Waals surface area contributed by atoms with E-state index in [-0.39, 0.29) is 18.5 Å². The lowest BCUT2D eigenvalue weighted by Gasteiger charge is -2.13. The van der Waals surface area contributed by atoms with E-state index in [9.17, 15) is 4.79 Å². The van der Waals surface area contributed by atoms with Crippen LogP contribution >= 0.6 is 23.6 Å². The van der Waals surface area contributed by atoms with E-state index in [4.69, 9.17) is 17.0 Å². The van der Waals surface area contributed by atoms with Crippen LogP contribution in [0.1, 0.15) is 17.8 Å². The van der Waals surface area contributed by atoms with Crippen LogP contribution in [-0.4, -0.2) is 27.8 Å². The summed E-state index contributed by atoms with van der Waals surface area (Å²) in [5.74, 6) is 1.26. The minimum Gasteiger partial charge on any atom is -0.497 e. The van der Waals surface area contributed by atoms with E-state index in [1.54, 1.807) is 23.0 Å². The zero-order valence-corrected chi connectivity index (χ0v) is 15.5. The summed E-state index contributed by atoms with van der Waals surface area (Å²) in [5.41, 5.74) is 0.854. The van der Waals surface area contributed by atoms with E-state index < -0.39 is 0 Å². The molecular formula is C17H18N4O2S2. The number of carbonyl (C=O) groups is 1. The molecule has 3 aromatic rings. The number of benzene rings is 1. The van der Waals surface area contributed by atoms with E-state index in [0.29, 0.717) is 10.6 Å². The standard InChI is InChI=1S/C17H18N4O2S2/c1-11(14-4-3-9-25-14)18-15(22)10-21-16(19-20-17(21)24)12-5-7-13(23-2)8-6-12/h3-9,11H,10H2,1-2H3,(H,18,22)(H,20,24)/t11-/m0/s1. The van der Waals surface area contributed by atoms with Crippen LogP contribution in [0.25, 0.3) is 11.4 Å². The first kappa shape index (κ1) is 17.4. The molecule has 0 spiro atoms. The lowest BCUT2D eigenvalue weighted by Crippen LogP contribution is -2.30. The number of thiophene rings is 1. The van der Waals surface area contributed by atoms with Crippen molar-refractivity contribution in [3.05, 3.63) is 51.4 Å². The van der Waals surface area contributed by atoms with Gasteiger partial charge in [0.05, 0.1) is 13.2 Å². The summed E-state index contributed by atoms with van der Waals surface area (Å²) in [6.07, 6.45) is 0. The lowest BCUT2D eigenvalue weighted by atomic mass is 10.2. The van der Waals surface area contributed by atoms with Gasteiger partial charge in [0.1, 0.15) is 12.3 Å². The third-order valence-corrected chi connectivity index (χ3v) is 5.12. The number of carbonyl (C=O) groups excluding carboxylic acids is 1. The average molecular weight is 374 g/mol. The molecule has 0 aliphatic rings. The first-order valence-electron chi connectivity index (χ1n) is 7.71. The SMILES string of the molecule is COc1ccc(-c2n[nH]c(=S)n2CC(=O)N[C@@H](C)c2cccs2)cc1. The van der Waals surface area contributed by atoms with Crippen molar-refractivity contribution in [3.8, 4) is 17.1 Å². The predicted molar refractivity (Wildman–Crippen MR) is 100 cm³/mol. The molecule has 6 nitrogen and oxygen atoms in total. The minimum atomic E-state index is -0.117. The van der Waals surface area contributed by atoms with E-state index in [1.165, 1.54) is 0 Å². The van der Waals surface area contributed by atoms with E-state index in [0.717, 1.165) is 16.2 Å². The molecule has 0 radical (unpaired) electrons. The van der Waals surface area contributed by atoms with Gasteiger partial charge in [-0.3, -0.25) is 14.5 Å². The maximum Gasteiger partial charge on any atom is 0.240 e. The van der Waals surface area contributed by atoms with Crippen LogP contribution in [-0.2, 0) is 11.3 Å². The maximum absolute atomic E-state index is 12.4. The zero-order valence-electron chi connectivity index (χ0n) is 13.9. The fourth-order valence-electron chi connectivity index (χ4n) is 2.46. The number of aromatic nitrogens is 3. The van der Waals surface area contributed by atoms with Crippen molar-refractivity contribution in [3.63, 3.8) is 0 Å². The molecule has 8 heteroatoms. The molecule has 0 aliphatic heterocycles. The highest BCUT2D eigenvalue weighted by Gasteiger charge is 2.15. The Kier molecular flexibility index (Phi) is 5.30. The molecule has 0 saturated carbocycles. The number of ether oxygens (including phenoxy) is 1. The largest absolute Gasteiger partial charge is 0.497 e. The molecule has 0 aliphatic carbocycles. The first-order chi connectivity index (χ1) is 12.1. The van der Waals surface area contributed by atoms with Gasteiger partial charge in [-0.05, 0) is 54.9 Å². The van der Waals surface area contributed by atoms with Gasteiger partial charge in [0, 0.05) is 10.4 Å². The Hall–Kier alpha value is -2.45. The summed E-state index contributed by atoms with van der Waals surface area (Å²) in [7, 11) is 1.62. The van der Waals surface area contributed by atoms with Crippen molar-refractivity contribution < 1.29 is 9.53 Å². The summed E-state index contributed by atoms with van der Waals surface area (Å²) >= 11 is 6.89. The van der Waals surface area contributed by atoms with Crippen LogP contribution in [0.3, 0.4) is 0 Å². The molecule has 3 rings (SSSR count). The molecule has 130 valence electrons. The van der Waals surface area contributed by atoms with Crippen LogP contribution in [0.5, 0.6) is 5.75 Å². The van der Waals surface area contributed by atoms with Gasteiger partial charge in [0.15, 0.2) is 10.6 Å². The minimum absolute atomic E-state index is 0.0435. The molecule has 0 fully saturated rings. The molecule has 0 saturated heterocycles. The zero-order chi connectivity index (χ0) is 17.8. The monoisotopic (exact) mass is 374 g/mol. The fourth-order valence-corrected chi connectivity index (χ4v) is 3.40. The third-order valence-electron chi connectivity index (χ3n) is 3.76. The van der Waals surface area contributed by atoms with E-state index >= 15 is 0 Å². The average Bonchev–Trinajstić information content (AvgIpc) is 3.26. The second-order valence-electron chi connectivity index (χ2n) is 5.47. The highest BCUT2D eigenvalue weighted by atomic mass is 32.1. The van der Waals surface area contributed by atoms with Gasteiger partial charge >= 0.3 is 0 Å². The van der Waals surface area contributed by atoms with Crippen molar-refractivity contribution in [2.24, 2.45) is 0 Å². The number of hydrogen-bond donors (Lipinski definition) is 2. The van der Waals surface area contributed by atoms with Gasteiger partial charge in [-0.2, -0.15) is 5.10 Å². The second kappa shape index (κ2) is 7.62. The van der Waals surface area contributed by atoms with Crippen LogP contribution in [0.4, 0.5) is 0 Å². The number of rotatable bonds is 6. The summed E-state index contributed by atoms with van der Waals surface area (Å²) in [6, 6.07) is 11.4. The molecule has 2 heterocycles.